The van der Waals surface area contributed by atoms with Gasteiger partial charge in [0.2, 0.25) is 5.91 Å². The summed E-state index contributed by atoms with van der Waals surface area (Å²) in [7, 11) is 0. The third kappa shape index (κ3) is 5.14. The molecule has 27 heavy (non-hydrogen) atoms. The molecule has 3 rings (SSSR count). The Morgan fingerprint density at radius 3 is 2.70 bits per heavy atom. The van der Waals surface area contributed by atoms with Gasteiger partial charge in [-0.1, -0.05) is 18.2 Å². The topological polar surface area (TPSA) is 66.8 Å². The lowest BCUT2D eigenvalue weighted by Gasteiger charge is -2.33. The van der Waals surface area contributed by atoms with Gasteiger partial charge in [0.1, 0.15) is 5.75 Å². The molecular formula is C19H22F3NO4. The van der Waals surface area contributed by atoms with Gasteiger partial charge in [0.05, 0.1) is 0 Å². The maximum absolute atomic E-state index is 12.8. The number of carboxylic acids is 1. The normalized spacial score (nSPS) is 25.1. The van der Waals surface area contributed by atoms with Crippen molar-refractivity contribution in [1.82, 2.24) is 4.90 Å². The molecule has 2 fully saturated rings. The van der Waals surface area contributed by atoms with Crippen LogP contribution < -0.4 is 4.74 Å². The minimum Gasteiger partial charge on any atom is -0.481 e. The highest BCUT2D eigenvalue weighted by Crippen LogP contribution is 2.52. The molecule has 0 aromatic heterocycles. The highest BCUT2D eigenvalue weighted by atomic mass is 19.4. The first-order valence-electron chi connectivity index (χ1n) is 9.10. The van der Waals surface area contributed by atoms with Gasteiger partial charge in [-0.15, -0.1) is 13.2 Å². The highest BCUT2D eigenvalue weighted by Gasteiger charge is 2.48. The number of carboxylic acid groups (broad SMARTS) is 1. The number of ether oxygens (including phenoxy) is 1. The molecule has 1 saturated heterocycles. The Labute approximate surface area is 155 Å². The van der Waals surface area contributed by atoms with E-state index in [1.165, 1.54) is 12.1 Å². The maximum Gasteiger partial charge on any atom is 0.573 e. The molecule has 5 nitrogen and oxygen atoms in total. The SMILES string of the molecule is O=C(O)CC[C@@H]1CCCN(C(=O)[C@@H]2C[C@@H]2c2ccccc2OC(F)(F)F)C1. The molecule has 3 atom stereocenters. The minimum atomic E-state index is -4.77. The van der Waals surface area contributed by atoms with Crippen LogP contribution in [0.5, 0.6) is 5.75 Å². The average Bonchev–Trinajstić information content (AvgIpc) is 3.39. The molecule has 0 radical (unpaired) electrons. The van der Waals surface area contributed by atoms with Crippen molar-refractivity contribution < 1.29 is 32.6 Å². The van der Waals surface area contributed by atoms with Crippen molar-refractivity contribution in [3.63, 3.8) is 0 Å². The summed E-state index contributed by atoms with van der Waals surface area (Å²) >= 11 is 0. The van der Waals surface area contributed by atoms with Gasteiger partial charge in [-0.05, 0) is 49.1 Å². The van der Waals surface area contributed by atoms with E-state index in [0.717, 1.165) is 12.8 Å². The number of halogens is 3. The first-order chi connectivity index (χ1) is 12.7. The lowest BCUT2D eigenvalue weighted by Crippen LogP contribution is -2.41. The van der Waals surface area contributed by atoms with E-state index in [-0.39, 0.29) is 35.8 Å². The number of hydrogen-bond acceptors (Lipinski definition) is 3. The molecule has 1 saturated carbocycles. The van der Waals surface area contributed by atoms with Gasteiger partial charge in [-0.25, -0.2) is 0 Å². The number of para-hydroxylation sites is 1. The molecule has 0 spiro atoms. The fourth-order valence-electron chi connectivity index (χ4n) is 3.88. The molecule has 1 heterocycles. The molecule has 8 heteroatoms. The largest absolute Gasteiger partial charge is 0.573 e. The molecule has 2 aliphatic rings. The van der Waals surface area contributed by atoms with E-state index < -0.39 is 12.3 Å². The summed E-state index contributed by atoms with van der Waals surface area (Å²) in [5, 5.41) is 8.81. The molecule has 0 unspecified atom stereocenters. The summed E-state index contributed by atoms with van der Waals surface area (Å²) in [6.07, 6.45) is -1.92. The van der Waals surface area contributed by atoms with E-state index in [0.29, 0.717) is 31.5 Å². The second kappa shape index (κ2) is 7.78. The van der Waals surface area contributed by atoms with Crippen molar-refractivity contribution in [3.8, 4) is 5.75 Å². The number of amides is 1. The van der Waals surface area contributed by atoms with Gasteiger partial charge in [-0.2, -0.15) is 0 Å². The van der Waals surface area contributed by atoms with Crippen LogP contribution in [0.4, 0.5) is 13.2 Å². The Kier molecular flexibility index (Phi) is 5.62. The average molecular weight is 385 g/mol. The number of aliphatic carboxylic acids is 1. The van der Waals surface area contributed by atoms with E-state index in [1.807, 2.05) is 0 Å². The van der Waals surface area contributed by atoms with Gasteiger partial charge >= 0.3 is 12.3 Å². The van der Waals surface area contributed by atoms with Gasteiger partial charge in [-0.3, -0.25) is 9.59 Å². The predicted octanol–water partition coefficient (Wildman–Crippen LogP) is 3.79. The second-order valence-corrected chi connectivity index (χ2v) is 7.26. The van der Waals surface area contributed by atoms with Crippen LogP contribution in [-0.4, -0.2) is 41.3 Å². The number of rotatable bonds is 6. The number of hydrogen-bond donors (Lipinski definition) is 1. The summed E-state index contributed by atoms with van der Waals surface area (Å²) in [6, 6.07) is 5.96. The summed E-state index contributed by atoms with van der Waals surface area (Å²) in [5.41, 5.74) is 0.410. The number of likely N-dealkylation sites (tertiary alicyclic amines) is 1. The van der Waals surface area contributed by atoms with Crippen molar-refractivity contribution in [2.75, 3.05) is 13.1 Å². The first-order valence-corrected chi connectivity index (χ1v) is 9.10. The van der Waals surface area contributed by atoms with E-state index in [2.05, 4.69) is 4.74 Å². The zero-order chi connectivity index (χ0) is 19.6. The molecular weight excluding hydrogens is 363 g/mol. The molecule has 0 bridgehead atoms. The molecule has 1 aliphatic carbocycles. The summed E-state index contributed by atoms with van der Waals surface area (Å²) in [4.78, 5) is 25.2. The van der Waals surface area contributed by atoms with Crippen LogP contribution in [-0.2, 0) is 9.59 Å². The second-order valence-electron chi connectivity index (χ2n) is 7.26. The van der Waals surface area contributed by atoms with Crippen molar-refractivity contribution in [3.05, 3.63) is 29.8 Å². The number of carbonyl (C=O) groups is 2. The smallest absolute Gasteiger partial charge is 0.481 e. The van der Waals surface area contributed by atoms with Crippen LogP contribution in [0, 0.1) is 11.8 Å². The first kappa shape index (κ1) is 19.5. The van der Waals surface area contributed by atoms with Gasteiger partial charge < -0.3 is 14.7 Å². The molecule has 1 N–H and O–H groups in total. The lowest BCUT2D eigenvalue weighted by atomic mass is 9.93. The van der Waals surface area contributed by atoms with Crippen LogP contribution >= 0.6 is 0 Å². The van der Waals surface area contributed by atoms with Crippen molar-refractivity contribution in [1.29, 1.82) is 0 Å². The van der Waals surface area contributed by atoms with Gasteiger partial charge in [0.25, 0.3) is 0 Å². The number of benzene rings is 1. The Morgan fingerprint density at radius 1 is 1.26 bits per heavy atom. The maximum atomic E-state index is 12.8. The Bertz CT molecular complexity index is 706. The molecule has 1 aromatic carbocycles. The van der Waals surface area contributed by atoms with Crippen molar-refractivity contribution >= 4 is 11.9 Å². The molecule has 1 aromatic rings. The quantitative estimate of drug-likeness (QED) is 0.809. The van der Waals surface area contributed by atoms with Crippen LogP contribution in [0.2, 0.25) is 0 Å². The number of alkyl halides is 3. The predicted molar refractivity (Wildman–Crippen MR) is 90.1 cm³/mol. The van der Waals surface area contributed by atoms with E-state index in [1.54, 1.807) is 17.0 Å². The standard InChI is InChI=1S/C19H22F3NO4/c20-19(21,22)27-16-6-2-1-5-13(16)14-10-15(14)18(26)23-9-3-4-12(11-23)7-8-17(24)25/h1-2,5-6,12,14-15H,3-4,7-11H2,(H,24,25)/t12-,14+,15+/m0/s1. The Balaban J connectivity index is 1.61. The fourth-order valence-corrected chi connectivity index (χ4v) is 3.88. The zero-order valence-corrected chi connectivity index (χ0v) is 14.7. The third-order valence-corrected chi connectivity index (χ3v) is 5.25. The van der Waals surface area contributed by atoms with E-state index >= 15 is 0 Å². The summed E-state index contributed by atoms with van der Waals surface area (Å²) in [5.74, 6) is -1.58. The van der Waals surface area contributed by atoms with Crippen molar-refractivity contribution in [2.24, 2.45) is 11.8 Å². The lowest BCUT2D eigenvalue weighted by molar-refractivity contribution is -0.274. The number of nitrogens with zero attached hydrogens (tertiary/aromatic N) is 1. The van der Waals surface area contributed by atoms with Gasteiger partial charge in [0.15, 0.2) is 0 Å². The van der Waals surface area contributed by atoms with E-state index in [9.17, 15) is 22.8 Å². The van der Waals surface area contributed by atoms with Crippen LogP contribution in [0.15, 0.2) is 24.3 Å². The van der Waals surface area contributed by atoms with Crippen molar-refractivity contribution in [2.45, 2.75) is 44.4 Å². The zero-order valence-electron chi connectivity index (χ0n) is 14.7. The molecule has 1 aliphatic heterocycles. The summed E-state index contributed by atoms with van der Waals surface area (Å²) in [6.45, 7) is 1.14. The summed E-state index contributed by atoms with van der Waals surface area (Å²) < 4.78 is 41.9. The monoisotopic (exact) mass is 385 g/mol. The molecule has 148 valence electrons. The van der Waals surface area contributed by atoms with Crippen LogP contribution in [0.3, 0.4) is 0 Å². The highest BCUT2D eigenvalue weighted by molar-refractivity contribution is 5.83. The Hall–Kier alpha value is -2.25. The fraction of sp³-hybridized carbons (Fsp3) is 0.579. The minimum absolute atomic E-state index is 0.0539. The van der Waals surface area contributed by atoms with E-state index in [4.69, 9.17) is 5.11 Å². The third-order valence-electron chi connectivity index (χ3n) is 5.25. The number of carbonyl (C=O) groups excluding carboxylic acids is 1. The Morgan fingerprint density at radius 2 is 2.00 bits per heavy atom. The van der Waals surface area contributed by atoms with Gasteiger partial charge in [0, 0.05) is 25.4 Å². The number of piperidine rings is 1. The van der Waals surface area contributed by atoms with Crippen LogP contribution in [0.25, 0.3) is 0 Å². The van der Waals surface area contributed by atoms with Crippen LogP contribution in [0.1, 0.15) is 43.6 Å². The molecule has 1 amide bonds.